The highest BCUT2D eigenvalue weighted by Crippen LogP contribution is 1.94. The first-order valence-electron chi connectivity index (χ1n) is 5.39. The number of halogens is 2. The van der Waals surface area contributed by atoms with E-state index in [0.717, 1.165) is 0 Å². The molecule has 8 nitrogen and oxygen atoms in total. The number of hydrogen-bond acceptors (Lipinski definition) is 8. The lowest BCUT2D eigenvalue weighted by atomic mass is 10.4. The van der Waals surface area contributed by atoms with Crippen LogP contribution in [0.15, 0.2) is 0 Å². The smallest absolute Gasteiger partial charge is 0.287 e. The van der Waals surface area contributed by atoms with Crippen molar-refractivity contribution >= 4 is 45.6 Å². The summed E-state index contributed by atoms with van der Waals surface area (Å²) in [4.78, 5) is 58.8. The molecular formula is C12H8Cl2O8. The summed E-state index contributed by atoms with van der Waals surface area (Å²) in [5, 5.41) is -2.67. The van der Waals surface area contributed by atoms with Gasteiger partial charge in [-0.25, -0.2) is 9.59 Å². The Morgan fingerprint density at radius 1 is 0.773 bits per heavy atom. The molecule has 0 rings (SSSR count). The first-order valence-corrected chi connectivity index (χ1v) is 6.15. The molecule has 0 aliphatic heterocycles. The third-order valence-electron chi connectivity index (χ3n) is 1.47. The van der Waals surface area contributed by atoms with Gasteiger partial charge in [0.25, 0.3) is 0 Å². The highest BCUT2D eigenvalue weighted by Gasteiger charge is 2.15. The summed E-state index contributed by atoms with van der Waals surface area (Å²) in [5.41, 5.74) is 0. The quantitative estimate of drug-likeness (QED) is 0.220. The summed E-state index contributed by atoms with van der Waals surface area (Å²) in [5.74, 6) is 6.69. The lowest BCUT2D eigenvalue weighted by Crippen LogP contribution is -2.16. The van der Waals surface area contributed by atoms with Crippen LogP contribution in [0, 0.1) is 23.7 Å². The summed E-state index contributed by atoms with van der Waals surface area (Å²) in [6.07, 6.45) is -1.76. The van der Waals surface area contributed by atoms with Crippen molar-refractivity contribution in [3.8, 4) is 23.7 Å². The molecule has 0 heterocycles. The van der Waals surface area contributed by atoms with E-state index in [1.807, 2.05) is 0 Å². The van der Waals surface area contributed by atoms with E-state index >= 15 is 0 Å². The third kappa shape index (κ3) is 9.75. The monoisotopic (exact) mass is 350 g/mol. The largest absolute Gasteiger partial charge is 0.424 e. The Bertz CT molecular complexity index is 525. The zero-order chi connectivity index (χ0) is 17.1. The summed E-state index contributed by atoms with van der Waals surface area (Å²) < 4.78 is 0. The van der Waals surface area contributed by atoms with Gasteiger partial charge >= 0.3 is 22.4 Å². The minimum Gasteiger partial charge on any atom is -0.287 e. The molecule has 0 fully saturated rings. The second-order valence-electron chi connectivity index (χ2n) is 3.30. The van der Waals surface area contributed by atoms with Crippen molar-refractivity contribution in [2.45, 2.75) is 26.1 Å². The topological polar surface area (TPSA) is 105 Å². The Morgan fingerprint density at radius 2 is 1.09 bits per heavy atom. The van der Waals surface area contributed by atoms with E-state index < -0.39 is 34.6 Å². The van der Waals surface area contributed by atoms with E-state index in [4.69, 9.17) is 23.2 Å². The van der Waals surface area contributed by atoms with Crippen molar-refractivity contribution in [2.24, 2.45) is 0 Å². The van der Waals surface area contributed by atoms with E-state index in [2.05, 4.69) is 43.2 Å². The van der Waals surface area contributed by atoms with Crippen LogP contribution < -0.4 is 0 Å². The van der Waals surface area contributed by atoms with Gasteiger partial charge in [0.15, 0.2) is 12.2 Å². The van der Waals surface area contributed by atoms with Gasteiger partial charge in [0.05, 0.1) is 0 Å². The molecule has 118 valence electrons. The molecule has 0 aromatic rings. The lowest BCUT2D eigenvalue weighted by Gasteiger charge is -2.02. The van der Waals surface area contributed by atoms with Crippen LogP contribution in [0.4, 0.5) is 0 Å². The molecule has 0 bridgehead atoms. The van der Waals surface area contributed by atoms with Crippen LogP contribution in [0.2, 0.25) is 0 Å². The highest BCUT2D eigenvalue weighted by molar-refractivity contribution is 6.80. The molecule has 0 aromatic heterocycles. The fourth-order valence-corrected chi connectivity index (χ4v) is 0.684. The molecule has 0 radical (unpaired) electrons. The van der Waals surface area contributed by atoms with Crippen LogP contribution in [-0.2, 0) is 38.7 Å². The minimum atomic E-state index is -1.38. The fourth-order valence-electron chi connectivity index (χ4n) is 0.621. The van der Waals surface area contributed by atoms with Gasteiger partial charge in [-0.1, -0.05) is 11.8 Å². The zero-order valence-electron chi connectivity index (χ0n) is 11.2. The Labute approximate surface area is 134 Å². The van der Waals surface area contributed by atoms with Crippen LogP contribution >= 0.6 is 23.2 Å². The van der Waals surface area contributed by atoms with Crippen LogP contribution in [0.1, 0.15) is 13.8 Å². The fraction of sp³-hybridized carbons (Fsp3) is 0.333. The molecule has 0 saturated carbocycles. The standard InChI is InChI=1S/C12H8Cl2O8/c1-7(19-21-11(17)9(13)15)5-3-4-6-8(2)20-22-12(18)10(14)16/h7-8H,1-2H3. The predicted octanol–water partition coefficient (Wildman–Crippen LogP) is 0.251. The SMILES string of the molecule is CC(C#CC#CC(C)OOC(=O)C(=O)Cl)OOC(=O)C(=O)Cl. The summed E-state index contributed by atoms with van der Waals surface area (Å²) in [7, 11) is 0. The maximum absolute atomic E-state index is 10.6. The van der Waals surface area contributed by atoms with Crippen molar-refractivity contribution < 1.29 is 38.7 Å². The molecule has 0 aliphatic carbocycles. The first-order chi connectivity index (χ1) is 10.2. The van der Waals surface area contributed by atoms with Crippen molar-refractivity contribution in [3.05, 3.63) is 0 Å². The van der Waals surface area contributed by atoms with Crippen molar-refractivity contribution in [2.75, 3.05) is 0 Å². The molecule has 2 atom stereocenters. The van der Waals surface area contributed by atoms with Gasteiger partial charge in [0, 0.05) is 0 Å². The van der Waals surface area contributed by atoms with E-state index in [0.29, 0.717) is 0 Å². The second kappa shape index (κ2) is 10.6. The van der Waals surface area contributed by atoms with Crippen LogP contribution in [0.3, 0.4) is 0 Å². The number of hydrogen-bond donors (Lipinski definition) is 0. The van der Waals surface area contributed by atoms with E-state index in [1.165, 1.54) is 13.8 Å². The highest BCUT2D eigenvalue weighted by atomic mass is 35.5. The maximum Gasteiger partial charge on any atom is 0.424 e. The van der Waals surface area contributed by atoms with Crippen LogP contribution in [0.25, 0.3) is 0 Å². The molecule has 0 N–H and O–H groups in total. The molecule has 0 spiro atoms. The second-order valence-corrected chi connectivity index (χ2v) is 3.99. The Kier molecular flexibility index (Phi) is 9.59. The van der Waals surface area contributed by atoms with Gasteiger partial charge in [0.1, 0.15) is 0 Å². The van der Waals surface area contributed by atoms with Crippen molar-refractivity contribution in [3.63, 3.8) is 0 Å². The van der Waals surface area contributed by atoms with Gasteiger partial charge in [-0.05, 0) is 48.9 Å². The maximum atomic E-state index is 10.6. The Morgan fingerprint density at radius 3 is 1.36 bits per heavy atom. The van der Waals surface area contributed by atoms with Gasteiger partial charge in [0.2, 0.25) is 0 Å². The Hall–Kier alpha value is -2.10. The van der Waals surface area contributed by atoms with Gasteiger partial charge in [-0.3, -0.25) is 19.4 Å². The van der Waals surface area contributed by atoms with Gasteiger partial charge in [-0.2, -0.15) is 9.78 Å². The molecule has 2 unspecified atom stereocenters. The summed E-state index contributed by atoms with van der Waals surface area (Å²) >= 11 is 9.63. The zero-order valence-corrected chi connectivity index (χ0v) is 12.7. The third-order valence-corrected chi connectivity index (χ3v) is 1.78. The molecule has 10 heteroatoms. The van der Waals surface area contributed by atoms with E-state index in [9.17, 15) is 19.2 Å². The van der Waals surface area contributed by atoms with Crippen molar-refractivity contribution in [1.29, 1.82) is 0 Å². The average molecular weight is 351 g/mol. The van der Waals surface area contributed by atoms with E-state index in [-0.39, 0.29) is 0 Å². The molecule has 0 aliphatic rings. The summed E-state index contributed by atoms with van der Waals surface area (Å²) in [6.45, 7) is 2.82. The molecule has 22 heavy (non-hydrogen) atoms. The minimum absolute atomic E-state index is 0.878. The number of carbonyl (C=O) groups is 4. The van der Waals surface area contributed by atoms with Gasteiger partial charge in [-0.15, -0.1) is 0 Å². The normalized spacial score (nSPS) is 11.6. The van der Waals surface area contributed by atoms with Crippen LogP contribution in [0.5, 0.6) is 0 Å². The molecule has 0 saturated heterocycles. The van der Waals surface area contributed by atoms with Crippen LogP contribution in [-0.4, -0.2) is 34.6 Å². The molecular weight excluding hydrogens is 343 g/mol. The summed E-state index contributed by atoms with van der Waals surface area (Å²) in [6, 6.07) is 0. The number of rotatable bonds is 6. The number of carbonyl (C=O) groups excluding carboxylic acids is 4. The average Bonchev–Trinajstić information content (AvgIpc) is 2.46. The van der Waals surface area contributed by atoms with Crippen molar-refractivity contribution in [1.82, 2.24) is 0 Å². The van der Waals surface area contributed by atoms with Gasteiger partial charge < -0.3 is 0 Å². The van der Waals surface area contributed by atoms with E-state index in [1.54, 1.807) is 0 Å². The first kappa shape index (κ1) is 19.9. The lowest BCUT2D eigenvalue weighted by molar-refractivity contribution is -0.280. The molecule has 0 amide bonds. The molecule has 0 aromatic carbocycles. The predicted molar refractivity (Wildman–Crippen MR) is 70.6 cm³/mol. The Balaban J connectivity index is 4.18.